The molecule has 7 heteroatoms. The van der Waals surface area contributed by atoms with Crippen molar-refractivity contribution < 1.29 is 14.6 Å². The van der Waals surface area contributed by atoms with Crippen molar-refractivity contribution in [3.63, 3.8) is 0 Å². The molecule has 28 heavy (non-hydrogen) atoms. The number of aryl methyl sites for hydroxylation is 1. The Bertz CT molecular complexity index is 736. The molecule has 2 aromatic carbocycles. The Morgan fingerprint density at radius 3 is 2.54 bits per heavy atom. The summed E-state index contributed by atoms with van der Waals surface area (Å²) >= 11 is 0. The van der Waals surface area contributed by atoms with Crippen molar-refractivity contribution in [2.45, 2.75) is 20.3 Å². The Morgan fingerprint density at radius 1 is 1.11 bits per heavy atom. The summed E-state index contributed by atoms with van der Waals surface area (Å²) in [5.41, 5.74) is 2.28. The normalized spacial score (nSPS) is 10.8. The van der Waals surface area contributed by atoms with Crippen molar-refractivity contribution in [1.29, 1.82) is 0 Å². The zero-order valence-corrected chi connectivity index (χ0v) is 19.0. The second kappa shape index (κ2) is 13.1. The number of aromatic hydroxyl groups is 1. The molecule has 0 amide bonds. The first kappa shape index (κ1) is 23.9. The number of phenolic OH excluding ortho intramolecular Hbond substituents is 1. The summed E-state index contributed by atoms with van der Waals surface area (Å²) in [4.78, 5) is 4.58. The van der Waals surface area contributed by atoms with Crippen LogP contribution in [0.4, 0.5) is 0 Å². The summed E-state index contributed by atoms with van der Waals surface area (Å²) < 4.78 is 10.9. The van der Waals surface area contributed by atoms with Gasteiger partial charge in [-0.25, -0.2) is 0 Å². The van der Waals surface area contributed by atoms with E-state index < -0.39 is 0 Å². The van der Waals surface area contributed by atoms with Crippen molar-refractivity contribution >= 4 is 29.9 Å². The molecule has 0 aliphatic rings. The van der Waals surface area contributed by atoms with Gasteiger partial charge in [0.2, 0.25) is 0 Å². The lowest BCUT2D eigenvalue weighted by Gasteiger charge is -2.12. The van der Waals surface area contributed by atoms with Crippen molar-refractivity contribution in [2.24, 2.45) is 4.99 Å². The minimum atomic E-state index is 0. The highest BCUT2D eigenvalue weighted by Gasteiger charge is 2.03. The molecule has 0 saturated carbocycles. The molecule has 2 rings (SSSR count). The van der Waals surface area contributed by atoms with Gasteiger partial charge in [0, 0.05) is 13.1 Å². The monoisotopic (exact) mass is 499 g/mol. The fraction of sp³-hybridized carbons (Fsp3) is 0.381. The van der Waals surface area contributed by atoms with Gasteiger partial charge in [-0.3, -0.25) is 4.99 Å². The van der Waals surface area contributed by atoms with Crippen molar-refractivity contribution in [1.82, 2.24) is 10.6 Å². The van der Waals surface area contributed by atoms with E-state index in [0.717, 1.165) is 30.2 Å². The van der Waals surface area contributed by atoms with Gasteiger partial charge in [-0.15, -0.1) is 24.0 Å². The van der Waals surface area contributed by atoms with Crippen LogP contribution in [0.5, 0.6) is 17.2 Å². The van der Waals surface area contributed by atoms with Gasteiger partial charge in [-0.05, 0) is 50.1 Å². The summed E-state index contributed by atoms with van der Waals surface area (Å²) in [5, 5.41) is 16.1. The molecule has 0 aliphatic heterocycles. The highest BCUT2D eigenvalue weighted by Crippen LogP contribution is 2.26. The molecule has 0 aromatic heterocycles. The van der Waals surface area contributed by atoms with Gasteiger partial charge >= 0.3 is 0 Å². The predicted molar refractivity (Wildman–Crippen MR) is 124 cm³/mol. The van der Waals surface area contributed by atoms with Gasteiger partial charge in [0.25, 0.3) is 0 Å². The summed E-state index contributed by atoms with van der Waals surface area (Å²) in [6.45, 7) is 6.72. The number of phenols is 1. The molecule has 0 bridgehead atoms. The van der Waals surface area contributed by atoms with Crippen LogP contribution in [0.3, 0.4) is 0 Å². The quantitative estimate of drug-likeness (QED) is 0.213. The predicted octanol–water partition coefficient (Wildman–Crippen LogP) is 3.50. The maximum absolute atomic E-state index is 9.65. The molecule has 0 spiro atoms. The van der Waals surface area contributed by atoms with Crippen LogP contribution in [0.1, 0.15) is 18.1 Å². The fourth-order valence-corrected chi connectivity index (χ4v) is 2.49. The third-order valence-corrected chi connectivity index (χ3v) is 3.94. The summed E-state index contributed by atoms with van der Waals surface area (Å²) in [7, 11) is 1.54. The van der Waals surface area contributed by atoms with Crippen LogP contribution in [-0.4, -0.2) is 44.4 Å². The number of nitrogens with zero attached hydrogens (tertiary/aromatic N) is 1. The lowest BCUT2D eigenvalue weighted by molar-refractivity contribution is 0.322. The number of benzene rings is 2. The number of halogens is 1. The molecule has 154 valence electrons. The van der Waals surface area contributed by atoms with Crippen LogP contribution < -0.4 is 20.1 Å². The number of nitrogens with one attached hydrogen (secondary N) is 2. The summed E-state index contributed by atoms with van der Waals surface area (Å²) in [5.74, 6) is 2.25. The Hall–Kier alpha value is -2.16. The van der Waals surface area contributed by atoms with Gasteiger partial charge in [0.05, 0.1) is 13.7 Å². The summed E-state index contributed by atoms with van der Waals surface area (Å²) in [6.07, 6.45) is 0.757. The van der Waals surface area contributed by atoms with Crippen LogP contribution >= 0.6 is 24.0 Å². The van der Waals surface area contributed by atoms with Crippen molar-refractivity contribution in [3.8, 4) is 17.2 Å². The van der Waals surface area contributed by atoms with Crippen LogP contribution in [0.25, 0.3) is 0 Å². The lowest BCUT2D eigenvalue weighted by atomic mass is 10.1. The number of guanidine groups is 1. The molecule has 0 heterocycles. The number of hydrogen-bond acceptors (Lipinski definition) is 4. The SMILES string of the molecule is CCNC(=NCCc1ccc(O)c(OC)c1)NCCOc1ccc(C)cc1.I. The van der Waals surface area contributed by atoms with E-state index in [9.17, 15) is 5.11 Å². The molecule has 0 fully saturated rings. The van der Waals surface area contributed by atoms with Crippen LogP contribution in [0, 0.1) is 6.92 Å². The Morgan fingerprint density at radius 2 is 1.86 bits per heavy atom. The first-order valence-electron chi connectivity index (χ1n) is 9.20. The Kier molecular flexibility index (Phi) is 11.2. The molecule has 0 saturated heterocycles. The number of ether oxygens (including phenoxy) is 2. The fourth-order valence-electron chi connectivity index (χ4n) is 2.49. The van der Waals surface area contributed by atoms with Gasteiger partial charge < -0.3 is 25.2 Å². The molecular formula is C21H30IN3O3. The molecular weight excluding hydrogens is 469 g/mol. The van der Waals surface area contributed by atoms with Crippen molar-refractivity contribution in [2.75, 3.05) is 33.4 Å². The van der Waals surface area contributed by atoms with E-state index in [4.69, 9.17) is 9.47 Å². The van der Waals surface area contributed by atoms with Gasteiger partial charge in [0.1, 0.15) is 12.4 Å². The maximum atomic E-state index is 9.65. The van der Waals surface area contributed by atoms with Gasteiger partial charge in [-0.1, -0.05) is 23.8 Å². The Labute approximate surface area is 184 Å². The zero-order valence-electron chi connectivity index (χ0n) is 16.7. The number of methoxy groups -OCH3 is 1. The first-order valence-corrected chi connectivity index (χ1v) is 9.20. The average molecular weight is 499 g/mol. The largest absolute Gasteiger partial charge is 0.504 e. The van der Waals surface area contributed by atoms with E-state index in [1.165, 1.54) is 5.56 Å². The Balaban J connectivity index is 0.00000392. The number of hydrogen-bond donors (Lipinski definition) is 3. The number of rotatable bonds is 9. The van der Waals surface area contributed by atoms with E-state index in [-0.39, 0.29) is 29.7 Å². The third kappa shape index (κ3) is 8.24. The molecule has 0 aliphatic carbocycles. The van der Waals surface area contributed by atoms with Crippen LogP contribution in [-0.2, 0) is 6.42 Å². The third-order valence-electron chi connectivity index (χ3n) is 3.94. The second-order valence-electron chi connectivity index (χ2n) is 6.11. The molecule has 6 nitrogen and oxygen atoms in total. The molecule has 0 atom stereocenters. The average Bonchev–Trinajstić information content (AvgIpc) is 2.67. The minimum Gasteiger partial charge on any atom is -0.504 e. The van der Waals surface area contributed by atoms with Crippen molar-refractivity contribution in [3.05, 3.63) is 53.6 Å². The maximum Gasteiger partial charge on any atom is 0.191 e. The highest BCUT2D eigenvalue weighted by atomic mass is 127. The smallest absolute Gasteiger partial charge is 0.191 e. The minimum absolute atomic E-state index is 0. The summed E-state index contributed by atoms with van der Waals surface area (Å²) in [6, 6.07) is 13.4. The molecule has 0 radical (unpaired) electrons. The van der Waals surface area contributed by atoms with E-state index in [2.05, 4.69) is 22.5 Å². The standard InChI is InChI=1S/C21H29N3O3.HI/c1-4-22-21(24-13-14-27-18-8-5-16(2)6-9-18)23-12-11-17-7-10-19(25)20(15-17)26-3;/h5-10,15,25H,4,11-14H2,1-3H3,(H2,22,23,24);1H. The first-order chi connectivity index (χ1) is 13.1. The lowest BCUT2D eigenvalue weighted by Crippen LogP contribution is -2.39. The van der Waals surface area contributed by atoms with Crippen LogP contribution in [0.15, 0.2) is 47.5 Å². The van der Waals surface area contributed by atoms with E-state index in [1.54, 1.807) is 13.2 Å². The van der Waals surface area contributed by atoms with Crippen LogP contribution in [0.2, 0.25) is 0 Å². The second-order valence-corrected chi connectivity index (χ2v) is 6.11. The van der Waals surface area contributed by atoms with E-state index >= 15 is 0 Å². The van der Waals surface area contributed by atoms with Gasteiger partial charge in [-0.2, -0.15) is 0 Å². The highest BCUT2D eigenvalue weighted by molar-refractivity contribution is 14.0. The topological polar surface area (TPSA) is 75.1 Å². The number of aliphatic imine (C=N–C) groups is 1. The zero-order chi connectivity index (χ0) is 19.5. The van der Waals surface area contributed by atoms with E-state index in [1.807, 2.05) is 43.3 Å². The van der Waals surface area contributed by atoms with E-state index in [0.29, 0.717) is 25.4 Å². The molecule has 3 N–H and O–H groups in total. The molecule has 2 aromatic rings. The van der Waals surface area contributed by atoms with Gasteiger partial charge in [0.15, 0.2) is 17.5 Å². The molecule has 0 unspecified atom stereocenters.